The van der Waals surface area contributed by atoms with Gasteiger partial charge in [0.05, 0.1) is 18.3 Å². The van der Waals surface area contributed by atoms with Crippen molar-refractivity contribution in [1.82, 2.24) is 14.9 Å². The highest BCUT2D eigenvalue weighted by Gasteiger charge is 2.34. The standard InChI is InChI=1S/C29H27ClN4O3S.C2H4O2/c1-37-24-10-9-18(13-31-32-29(36)28-27(30)22-5-2-3-7-25(22)38-28)11-21(24)17-33-14-19-12-20(16-33)23-6-4-8-26(35)34(23)15-19;1-2(3)4/h2-11,13,19-20H,12,14-17H2,1H3,(H,32,36);1H3,(H,3,4)/b31-13+;. The molecule has 0 radical (unpaired) electrons. The zero-order chi connectivity index (χ0) is 29.8. The number of piperidine rings is 1. The van der Waals surface area contributed by atoms with E-state index in [4.69, 9.17) is 26.2 Å². The molecular weight excluding hydrogens is 576 g/mol. The number of amides is 1. The second-order valence-corrected chi connectivity index (χ2v) is 11.9. The zero-order valence-electron chi connectivity index (χ0n) is 23.2. The lowest BCUT2D eigenvalue weighted by atomic mass is 9.83. The number of rotatable bonds is 6. The Morgan fingerprint density at radius 1 is 1.14 bits per heavy atom. The van der Waals surface area contributed by atoms with Crippen LogP contribution in [0, 0.1) is 5.92 Å². The number of hydrogen-bond acceptors (Lipinski definition) is 7. The fourth-order valence-corrected chi connectivity index (χ4v) is 7.15. The Morgan fingerprint density at radius 3 is 2.69 bits per heavy atom. The number of carboxylic acids is 1. The van der Waals surface area contributed by atoms with E-state index < -0.39 is 5.97 Å². The number of thiophene rings is 1. The van der Waals surface area contributed by atoms with Crippen LogP contribution in [0.5, 0.6) is 5.75 Å². The molecule has 2 bridgehead atoms. The monoisotopic (exact) mass is 606 g/mol. The van der Waals surface area contributed by atoms with Gasteiger partial charge < -0.3 is 14.4 Å². The number of ether oxygens (including phenoxy) is 1. The van der Waals surface area contributed by atoms with Gasteiger partial charge in [-0.05, 0) is 48.2 Å². The van der Waals surface area contributed by atoms with E-state index in [9.17, 15) is 9.59 Å². The number of likely N-dealkylation sites (tertiary alicyclic amines) is 1. The van der Waals surface area contributed by atoms with Gasteiger partial charge in [-0.15, -0.1) is 11.3 Å². The summed E-state index contributed by atoms with van der Waals surface area (Å²) >= 11 is 7.78. The molecule has 2 atom stereocenters. The van der Waals surface area contributed by atoms with E-state index in [0.29, 0.717) is 21.7 Å². The summed E-state index contributed by atoms with van der Waals surface area (Å²) in [5.74, 6) is 0.451. The number of aliphatic carboxylic acids is 1. The van der Waals surface area contributed by atoms with Crippen molar-refractivity contribution >= 4 is 51.1 Å². The summed E-state index contributed by atoms with van der Waals surface area (Å²) in [5, 5.41) is 12.9. The largest absolute Gasteiger partial charge is 0.496 e. The predicted octanol–water partition coefficient (Wildman–Crippen LogP) is 5.20. The number of nitrogens with one attached hydrogen (secondary N) is 1. The Hall–Kier alpha value is -3.99. The van der Waals surface area contributed by atoms with Gasteiger partial charge >= 0.3 is 0 Å². The van der Waals surface area contributed by atoms with E-state index in [1.54, 1.807) is 19.4 Å². The first kappa shape index (κ1) is 29.5. The van der Waals surface area contributed by atoms with E-state index in [1.165, 1.54) is 11.3 Å². The first-order chi connectivity index (χ1) is 20.2. The van der Waals surface area contributed by atoms with Gasteiger partial charge in [0.25, 0.3) is 17.4 Å². The topological polar surface area (TPSA) is 113 Å². The van der Waals surface area contributed by atoms with Crippen molar-refractivity contribution in [1.29, 1.82) is 0 Å². The smallest absolute Gasteiger partial charge is 0.300 e. The average Bonchev–Trinajstić information content (AvgIpc) is 3.30. The minimum atomic E-state index is -0.833. The highest BCUT2D eigenvalue weighted by molar-refractivity contribution is 7.21. The van der Waals surface area contributed by atoms with Gasteiger partial charge in [0.1, 0.15) is 10.6 Å². The van der Waals surface area contributed by atoms with Gasteiger partial charge in [-0.25, -0.2) is 5.43 Å². The predicted molar refractivity (Wildman–Crippen MR) is 165 cm³/mol. The Bertz CT molecular complexity index is 1710. The summed E-state index contributed by atoms with van der Waals surface area (Å²) < 4.78 is 8.57. The molecule has 2 N–H and O–H groups in total. The Balaban J connectivity index is 0.000000830. The molecule has 2 aliphatic rings. The van der Waals surface area contributed by atoms with Gasteiger partial charge in [0.2, 0.25) is 0 Å². The second-order valence-electron chi connectivity index (χ2n) is 10.4. The molecule has 1 saturated heterocycles. The normalized spacial score (nSPS) is 17.8. The van der Waals surface area contributed by atoms with E-state index in [1.807, 2.05) is 53.1 Å². The molecule has 0 spiro atoms. The number of halogens is 1. The van der Waals surface area contributed by atoms with Crippen LogP contribution in [-0.2, 0) is 17.9 Å². The molecule has 2 aliphatic heterocycles. The average molecular weight is 607 g/mol. The number of fused-ring (bicyclic) bond motifs is 5. The summed E-state index contributed by atoms with van der Waals surface area (Å²) in [4.78, 5) is 36.9. The number of aromatic nitrogens is 1. The number of carbonyl (C=O) groups is 2. The highest BCUT2D eigenvalue weighted by atomic mass is 35.5. The number of methoxy groups -OCH3 is 1. The van der Waals surface area contributed by atoms with Crippen molar-refractivity contribution in [2.75, 3.05) is 20.2 Å². The third-order valence-corrected chi connectivity index (χ3v) is 9.05. The van der Waals surface area contributed by atoms with Crippen molar-refractivity contribution in [2.24, 2.45) is 11.0 Å². The van der Waals surface area contributed by atoms with Crippen LogP contribution >= 0.6 is 22.9 Å². The molecule has 4 aromatic rings. The molecule has 0 saturated carbocycles. The molecule has 9 nitrogen and oxygen atoms in total. The summed E-state index contributed by atoms with van der Waals surface area (Å²) in [5.41, 5.74) is 5.76. The second kappa shape index (κ2) is 12.9. The van der Waals surface area contributed by atoms with Crippen LogP contribution in [-0.4, -0.2) is 52.9 Å². The Labute approximate surface area is 252 Å². The van der Waals surface area contributed by atoms with Gasteiger partial charge in [0.15, 0.2) is 0 Å². The fourth-order valence-electron chi connectivity index (χ4n) is 5.74. The number of hydrogen-bond donors (Lipinski definition) is 2. The van der Waals surface area contributed by atoms with Crippen LogP contribution in [0.3, 0.4) is 0 Å². The highest BCUT2D eigenvalue weighted by Crippen LogP contribution is 2.37. The number of carbonyl (C=O) groups excluding carboxylic acids is 1. The SMILES string of the molecule is CC(=O)O.COc1ccc(/C=N/NC(=O)c2sc3ccccc3c2Cl)cc1CN1CC2CC(C1)c1cccc(=O)n1C2. The Morgan fingerprint density at radius 2 is 1.93 bits per heavy atom. The van der Waals surface area contributed by atoms with Crippen LogP contribution in [0.4, 0.5) is 0 Å². The Kier molecular flexibility index (Phi) is 9.06. The number of nitrogens with zero attached hydrogens (tertiary/aromatic N) is 3. The fraction of sp³-hybridized carbons (Fsp3) is 0.290. The first-order valence-corrected chi connectivity index (χ1v) is 14.7. The summed E-state index contributed by atoms with van der Waals surface area (Å²) in [6.07, 6.45) is 2.75. The van der Waals surface area contributed by atoms with Crippen molar-refractivity contribution < 1.29 is 19.4 Å². The molecule has 11 heteroatoms. The van der Waals surface area contributed by atoms with Crippen LogP contribution in [0.25, 0.3) is 10.1 Å². The molecule has 2 aromatic heterocycles. The molecule has 42 heavy (non-hydrogen) atoms. The zero-order valence-corrected chi connectivity index (χ0v) is 24.8. The van der Waals surface area contributed by atoms with Crippen LogP contribution < -0.4 is 15.7 Å². The summed E-state index contributed by atoms with van der Waals surface area (Å²) in [6, 6.07) is 19.2. The summed E-state index contributed by atoms with van der Waals surface area (Å²) in [6.45, 7) is 4.42. The van der Waals surface area contributed by atoms with Crippen LogP contribution in [0.15, 0.2) is 70.6 Å². The molecule has 1 fully saturated rings. The lowest BCUT2D eigenvalue weighted by Gasteiger charge is -2.42. The lowest BCUT2D eigenvalue weighted by molar-refractivity contribution is -0.134. The summed E-state index contributed by atoms with van der Waals surface area (Å²) in [7, 11) is 1.68. The van der Waals surface area contributed by atoms with E-state index in [2.05, 4.69) is 21.5 Å². The van der Waals surface area contributed by atoms with E-state index in [-0.39, 0.29) is 11.5 Å². The minimum Gasteiger partial charge on any atom is -0.496 e. The third kappa shape index (κ3) is 6.56. The molecule has 6 rings (SSSR count). The van der Waals surface area contributed by atoms with Crippen molar-refractivity contribution in [3.05, 3.63) is 97.7 Å². The maximum atomic E-state index is 12.7. The van der Waals surface area contributed by atoms with Crippen LogP contribution in [0.2, 0.25) is 5.02 Å². The van der Waals surface area contributed by atoms with E-state index >= 15 is 0 Å². The van der Waals surface area contributed by atoms with Crippen molar-refractivity contribution in [3.8, 4) is 5.75 Å². The van der Waals surface area contributed by atoms with Gasteiger partial charge in [-0.1, -0.05) is 35.9 Å². The minimum absolute atomic E-state index is 0.0982. The molecule has 2 aromatic carbocycles. The maximum Gasteiger partial charge on any atom is 0.300 e. The molecule has 2 unspecified atom stereocenters. The van der Waals surface area contributed by atoms with Crippen molar-refractivity contribution in [2.45, 2.75) is 32.4 Å². The van der Waals surface area contributed by atoms with Gasteiger partial charge in [-0.2, -0.15) is 5.10 Å². The number of benzene rings is 2. The quantitative estimate of drug-likeness (QED) is 0.230. The van der Waals surface area contributed by atoms with E-state index in [0.717, 1.165) is 72.2 Å². The maximum absolute atomic E-state index is 12.7. The molecule has 218 valence electrons. The first-order valence-electron chi connectivity index (χ1n) is 13.5. The molecule has 0 aliphatic carbocycles. The van der Waals surface area contributed by atoms with Crippen molar-refractivity contribution in [3.63, 3.8) is 0 Å². The van der Waals surface area contributed by atoms with Gasteiger partial charge in [0, 0.05) is 66.4 Å². The molecule has 4 heterocycles. The third-order valence-electron chi connectivity index (χ3n) is 7.37. The lowest BCUT2D eigenvalue weighted by Crippen LogP contribution is -2.46. The van der Waals surface area contributed by atoms with Crippen LogP contribution in [0.1, 0.15) is 45.8 Å². The molecular formula is C31H31ClN4O5S. The van der Waals surface area contributed by atoms with Gasteiger partial charge in [-0.3, -0.25) is 19.3 Å². The number of carboxylic acid groups (broad SMARTS) is 1. The number of pyridine rings is 1. The number of hydrazone groups is 1. The molecule has 1 amide bonds.